The first-order valence-electron chi connectivity index (χ1n) is 14.4. The fourth-order valence-electron chi connectivity index (χ4n) is 4.82. The number of para-hydroxylation sites is 1. The number of benzene rings is 2. The highest BCUT2D eigenvalue weighted by Gasteiger charge is 2.26. The minimum atomic E-state index is -3.81. The highest BCUT2D eigenvalue weighted by Crippen LogP contribution is 2.36. The van der Waals surface area contributed by atoms with Crippen molar-refractivity contribution in [2.75, 3.05) is 85.8 Å². The van der Waals surface area contributed by atoms with Crippen molar-refractivity contribution in [2.24, 2.45) is 0 Å². The van der Waals surface area contributed by atoms with Crippen LogP contribution in [0.2, 0.25) is 0 Å². The van der Waals surface area contributed by atoms with Crippen LogP contribution in [0, 0.1) is 0 Å². The van der Waals surface area contributed by atoms with E-state index in [1.54, 1.807) is 38.4 Å². The molecule has 3 aromatic rings. The molecule has 1 aliphatic rings. The molecule has 11 heteroatoms. The molecule has 43 heavy (non-hydrogen) atoms. The second-order valence-corrected chi connectivity index (χ2v) is 12.2. The van der Waals surface area contributed by atoms with Crippen LogP contribution in [0.1, 0.15) is 33.6 Å². The summed E-state index contributed by atoms with van der Waals surface area (Å²) in [5, 5.41) is 1.07. The molecule has 240 valence electrons. The third-order valence-electron chi connectivity index (χ3n) is 7.36. The van der Waals surface area contributed by atoms with Crippen LogP contribution >= 0.6 is 0 Å². The molecule has 1 aliphatic heterocycles. The molecule has 10 nitrogen and oxygen atoms in total. The number of H-pyrrole nitrogens is 1. The largest absolute Gasteiger partial charge is 0.385 e. The van der Waals surface area contributed by atoms with Crippen molar-refractivity contribution in [1.82, 2.24) is 14.2 Å². The van der Waals surface area contributed by atoms with Gasteiger partial charge in [0.15, 0.2) is 0 Å². The molecule has 0 saturated carbocycles. The standard InChI is InChI=1S/C28H38N4O5S.C3H8O.CH4/c1-30(15-12-28(33)32(16-18-36-2)17-19-37-3)38(34,35)23-10-11-27(31-13-6-7-14-31)24(21-23)26-20-22-8-4-5-9-25(22)29-26;1-3-4-2;/h4-5,8-11,20-21,29H,6-7,12-19H2,1-3H3;3H2,1-2H3;1H4. The zero-order valence-electron chi connectivity index (χ0n) is 25.6. The van der Waals surface area contributed by atoms with E-state index < -0.39 is 10.0 Å². The average molecular weight is 619 g/mol. The molecular weight excluding hydrogens is 568 g/mol. The first-order valence-corrected chi connectivity index (χ1v) is 15.9. The van der Waals surface area contributed by atoms with Gasteiger partial charge in [-0.05, 0) is 50.1 Å². The van der Waals surface area contributed by atoms with Gasteiger partial charge < -0.3 is 29.0 Å². The molecule has 1 N–H and O–H groups in total. The predicted octanol–water partition coefficient (Wildman–Crippen LogP) is 4.86. The number of amides is 1. The lowest BCUT2D eigenvalue weighted by Crippen LogP contribution is -2.39. The fraction of sp³-hybridized carbons (Fsp3) is 0.531. The maximum atomic E-state index is 13.6. The molecule has 1 fully saturated rings. The number of sulfonamides is 1. The van der Waals surface area contributed by atoms with Crippen LogP contribution in [0.25, 0.3) is 22.2 Å². The van der Waals surface area contributed by atoms with Crippen LogP contribution in [-0.2, 0) is 29.0 Å². The van der Waals surface area contributed by atoms with Crippen LogP contribution in [0.5, 0.6) is 0 Å². The topological polar surface area (TPSA) is 104 Å². The third-order valence-corrected chi connectivity index (χ3v) is 9.21. The van der Waals surface area contributed by atoms with Gasteiger partial charge >= 0.3 is 0 Å². The van der Waals surface area contributed by atoms with Gasteiger partial charge in [0, 0.05) is 102 Å². The summed E-state index contributed by atoms with van der Waals surface area (Å²) in [5.74, 6) is -0.135. The van der Waals surface area contributed by atoms with Crippen molar-refractivity contribution in [3.63, 3.8) is 0 Å². The van der Waals surface area contributed by atoms with Gasteiger partial charge in [-0.2, -0.15) is 0 Å². The number of fused-ring (bicyclic) bond motifs is 1. The summed E-state index contributed by atoms with van der Waals surface area (Å²) in [7, 11) is 2.55. The molecule has 0 bridgehead atoms. The maximum Gasteiger partial charge on any atom is 0.242 e. The van der Waals surface area contributed by atoms with Crippen LogP contribution in [-0.4, -0.2) is 109 Å². The number of hydrogen-bond acceptors (Lipinski definition) is 7. The van der Waals surface area contributed by atoms with Gasteiger partial charge in [-0.15, -0.1) is 0 Å². The van der Waals surface area contributed by atoms with Gasteiger partial charge in [-0.1, -0.05) is 25.6 Å². The zero-order valence-corrected chi connectivity index (χ0v) is 26.4. The number of anilines is 1. The summed E-state index contributed by atoms with van der Waals surface area (Å²) in [6.45, 7) is 6.43. The minimum absolute atomic E-state index is 0. The molecule has 0 unspecified atom stereocenters. The van der Waals surface area contributed by atoms with Crippen molar-refractivity contribution in [1.29, 1.82) is 0 Å². The van der Waals surface area contributed by atoms with Gasteiger partial charge in [0.25, 0.3) is 0 Å². The molecule has 0 aliphatic carbocycles. The first-order chi connectivity index (χ1) is 20.3. The molecule has 0 radical (unpaired) electrons. The van der Waals surface area contributed by atoms with Crippen molar-refractivity contribution in [3.05, 3.63) is 48.5 Å². The number of ether oxygens (including phenoxy) is 3. The lowest BCUT2D eigenvalue weighted by Gasteiger charge is -2.25. The summed E-state index contributed by atoms with van der Waals surface area (Å²) in [6.07, 6.45) is 2.31. The molecule has 1 amide bonds. The van der Waals surface area contributed by atoms with Crippen LogP contribution < -0.4 is 4.90 Å². The smallest absolute Gasteiger partial charge is 0.242 e. The lowest BCUT2D eigenvalue weighted by molar-refractivity contribution is -0.132. The van der Waals surface area contributed by atoms with Crippen molar-refractivity contribution in [3.8, 4) is 11.3 Å². The molecular formula is C32H50N4O6S. The second-order valence-electron chi connectivity index (χ2n) is 10.2. The normalized spacial score (nSPS) is 13.1. The number of hydrogen-bond donors (Lipinski definition) is 1. The minimum Gasteiger partial charge on any atom is -0.385 e. The number of rotatable bonds is 14. The Morgan fingerprint density at radius 1 is 0.930 bits per heavy atom. The van der Waals surface area contributed by atoms with Crippen molar-refractivity contribution in [2.45, 2.75) is 38.5 Å². The Bertz CT molecular complexity index is 1330. The zero-order chi connectivity index (χ0) is 30.5. The van der Waals surface area contributed by atoms with Gasteiger partial charge in [0.2, 0.25) is 15.9 Å². The Morgan fingerprint density at radius 3 is 2.14 bits per heavy atom. The summed E-state index contributed by atoms with van der Waals surface area (Å²) in [4.78, 5) is 20.5. The highest BCUT2D eigenvalue weighted by molar-refractivity contribution is 7.89. The number of carbonyl (C=O) groups excluding carboxylic acids is 1. The van der Waals surface area contributed by atoms with Gasteiger partial charge in [0.1, 0.15) is 0 Å². The molecule has 1 saturated heterocycles. The van der Waals surface area contributed by atoms with E-state index in [1.165, 1.54) is 11.4 Å². The molecule has 2 aromatic carbocycles. The van der Waals surface area contributed by atoms with Crippen LogP contribution in [0.4, 0.5) is 5.69 Å². The number of nitrogens with one attached hydrogen (secondary N) is 1. The number of methoxy groups -OCH3 is 3. The van der Waals surface area contributed by atoms with E-state index >= 15 is 0 Å². The quantitative estimate of drug-likeness (QED) is 0.275. The number of nitrogens with zero attached hydrogens (tertiary/aromatic N) is 3. The summed E-state index contributed by atoms with van der Waals surface area (Å²) >= 11 is 0. The van der Waals surface area contributed by atoms with Crippen LogP contribution in [0.15, 0.2) is 53.4 Å². The number of aromatic amines is 1. The average Bonchev–Trinajstić information content (AvgIpc) is 3.70. The van der Waals surface area contributed by atoms with Crippen LogP contribution in [0.3, 0.4) is 0 Å². The van der Waals surface area contributed by atoms with E-state index in [0.717, 1.165) is 60.4 Å². The van der Waals surface area contributed by atoms with E-state index in [1.807, 2.05) is 37.3 Å². The first kappa shape index (κ1) is 36.2. The predicted molar refractivity (Wildman–Crippen MR) is 174 cm³/mol. The SMILES string of the molecule is C.CCOC.COCCN(CCOC)C(=O)CCN(C)S(=O)(=O)c1ccc(N2CCCC2)c(-c2cc3ccccc3[nH]2)c1. The van der Waals surface area contributed by atoms with Crippen molar-refractivity contribution >= 4 is 32.5 Å². The van der Waals surface area contributed by atoms with Gasteiger partial charge in [0.05, 0.1) is 18.1 Å². The Balaban J connectivity index is 0.00000121. The van der Waals surface area contributed by atoms with E-state index in [-0.39, 0.29) is 31.2 Å². The Labute approximate surface area is 257 Å². The maximum absolute atomic E-state index is 13.6. The number of carbonyl (C=O) groups is 1. The molecule has 2 heterocycles. The molecule has 4 rings (SSSR count). The van der Waals surface area contributed by atoms with E-state index in [9.17, 15) is 13.2 Å². The molecule has 0 spiro atoms. The Hall–Kier alpha value is -2.96. The summed E-state index contributed by atoms with van der Waals surface area (Å²) in [5.41, 5.74) is 3.77. The van der Waals surface area contributed by atoms with E-state index in [0.29, 0.717) is 26.3 Å². The number of aromatic nitrogens is 1. The molecule has 1 aromatic heterocycles. The monoisotopic (exact) mass is 618 g/mol. The fourth-order valence-corrected chi connectivity index (χ4v) is 6.02. The molecule has 0 atom stereocenters. The summed E-state index contributed by atoms with van der Waals surface area (Å²) in [6, 6.07) is 15.4. The Morgan fingerprint density at radius 2 is 1.56 bits per heavy atom. The second kappa shape index (κ2) is 18.0. The highest BCUT2D eigenvalue weighted by atomic mass is 32.2. The van der Waals surface area contributed by atoms with E-state index in [4.69, 9.17) is 9.47 Å². The lowest BCUT2D eigenvalue weighted by atomic mass is 10.1. The van der Waals surface area contributed by atoms with Crippen molar-refractivity contribution < 1.29 is 27.4 Å². The van der Waals surface area contributed by atoms with Gasteiger partial charge in [-0.3, -0.25) is 4.79 Å². The summed E-state index contributed by atoms with van der Waals surface area (Å²) < 4.78 is 43.2. The van der Waals surface area contributed by atoms with E-state index in [2.05, 4.69) is 20.7 Å². The third kappa shape index (κ3) is 9.77. The Kier molecular flexibility index (Phi) is 15.2. The van der Waals surface area contributed by atoms with Gasteiger partial charge in [-0.25, -0.2) is 12.7 Å².